The van der Waals surface area contributed by atoms with Crippen molar-refractivity contribution in [3.8, 4) is 0 Å². The van der Waals surface area contributed by atoms with Gasteiger partial charge in [-0.05, 0) is 12.5 Å². The molecule has 1 aromatic carbocycles. The van der Waals surface area contributed by atoms with Crippen molar-refractivity contribution in [3.63, 3.8) is 0 Å². The van der Waals surface area contributed by atoms with Gasteiger partial charge in [-0.15, -0.1) is 0 Å². The van der Waals surface area contributed by atoms with Gasteiger partial charge in [0.2, 0.25) is 5.91 Å². The number of aliphatic carboxylic acids is 1. The van der Waals surface area contributed by atoms with Gasteiger partial charge in [-0.25, -0.2) is 4.79 Å². The zero-order valence-electron chi connectivity index (χ0n) is 9.49. The fourth-order valence-corrected chi connectivity index (χ4v) is 1.02. The molecule has 0 aliphatic heterocycles. The molecule has 0 saturated heterocycles. The Morgan fingerprint density at radius 3 is 2.17 bits per heavy atom. The summed E-state index contributed by atoms with van der Waals surface area (Å²) in [4.78, 5) is 19.4. The highest BCUT2D eigenvalue weighted by molar-refractivity contribution is 5.76. The van der Waals surface area contributed by atoms with Crippen LogP contribution < -0.4 is 5.73 Å². The number of rotatable bonds is 2. The first kappa shape index (κ1) is 16.0. The van der Waals surface area contributed by atoms with Crippen molar-refractivity contribution in [2.45, 2.75) is 19.5 Å². The van der Waals surface area contributed by atoms with Crippen LogP contribution >= 0.6 is 0 Å². The van der Waals surface area contributed by atoms with Gasteiger partial charge in [-0.2, -0.15) is 13.2 Å². The topological polar surface area (TPSA) is 80.4 Å². The lowest BCUT2D eigenvalue weighted by Crippen LogP contribution is -2.21. The quantitative estimate of drug-likeness (QED) is 0.851. The molecular weight excluding hydrogens is 251 g/mol. The number of benzene rings is 1. The summed E-state index contributed by atoms with van der Waals surface area (Å²) in [5.74, 6) is -3.04. The van der Waals surface area contributed by atoms with Crippen LogP contribution in [0, 0.1) is 6.92 Å². The lowest BCUT2D eigenvalue weighted by Gasteiger charge is -1.97. The van der Waals surface area contributed by atoms with E-state index in [0.29, 0.717) is 6.42 Å². The fraction of sp³-hybridized carbons (Fsp3) is 0.273. The molecule has 0 fully saturated rings. The maximum Gasteiger partial charge on any atom is 0.490 e. The number of aryl methyl sites for hydroxylation is 1. The van der Waals surface area contributed by atoms with Crippen molar-refractivity contribution in [2.75, 3.05) is 0 Å². The average molecular weight is 263 g/mol. The second-order valence-electron chi connectivity index (χ2n) is 3.44. The van der Waals surface area contributed by atoms with Crippen LogP contribution in [0.2, 0.25) is 0 Å². The van der Waals surface area contributed by atoms with Gasteiger partial charge >= 0.3 is 12.1 Å². The van der Waals surface area contributed by atoms with Gasteiger partial charge in [0.05, 0.1) is 6.42 Å². The van der Waals surface area contributed by atoms with Crippen LogP contribution in [0.15, 0.2) is 24.3 Å². The van der Waals surface area contributed by atoms with Crippen molar-refractivity contribution in [3.05, 3.63) is 35.4 Å². The summed E-state index contributed by atoms with van der Waals surface area (Å²) >= 11 is 0. The Morgan fingerprint density at radius 2 is 1.83 bits per heavy atom. The van der Waals surface area contributed by atoms with E-state index >= 15 is 0 Å². The van der Waals surface area contributed by atoms with Crippen molar-refractivity contribution < 1.29 is 27.9 Å². The maximum absolute atomic E-state index is 10.6. The molecule has 0 aliphatic rings. The Labute approximate surface area is 101 Å². The van der Waals surface area contributed by atoms with E-state index in [0.717, 1.165) is 11.1 Å². The van der Waals surface area contributed by atoms with Crippen LogP contribution in [0.5, 0.6) is 0 Å². The van der Waals surface area contributed by atoms with E-state index in [1.165, 1.54) is 0 Å². The maximum atomic E-state index is 10.6. The number of carboxylic acids is 1. The molecule has 100 valence electrons. The molecule has 0 saturated carbocycles. The highest BCUT2D eigenvalue weighted by Gasteiger charge is 2.38. The Morgan fingerprint density at radius 1 is 1.33 bits per heavy atom. The number of carbonyl (C=O) groups is 2. The van der Waals surface area contributed by atoms with Crippen molar-refractivity contribution in [2.24, 2.45) is 5.73 Å². The molecule has 0 spiro atoms. The SMILES string of the molecule is Cc1cccc(CC(N)=O)c1.O=C(O)C(F)(F)F. The molecule has 4 nitrogen and oxygen atoms in total. The van der Waals surface area contributed by atoms with Crippen LogP contribution in [0.3, 0.4) is 0 Å². The third-order valence-electron chi connectivity index (χ3n) is 1.70. The second-order valence-corrected chi connectivity index (χ2v) is 3.44. The first-order valence-corrected chi connectivity index (χ1v) is 4.77. The van der Waals surface area contributed by atoms with Crippen LogP contribution in [-0.4, -0.2) is 23.2 Å². The molecule has 0 radical (unpaired) electrons. The lowest BCUT2D eigenvalue weighted by molar-refractivity contribution is -0.192. The van der Waals surface area contributed by atoms with E-state index in [-0.39, 0.29) is 5.91 Å². The van der Waals surface area contributed by atoms with Crippen LogP contribution in [0.4, 0.5) is 13.2 Å². The van der Waals surface area contributed by atoms with Gasteiger partial charge in [-0.1, -0.05) is 29.8 Å². The van der Waals surface area contributed by atoms with Gasteiger partial charge in [0.25, 0.3) is 0 Å². The number of carboxylic acid groups (broad SMARTS) is 1. The number of amides is 1. The molecule has 0 unspecified atom stereocenters. The Kier molecular flexibility index (Phi) is 5.87. The summed E-state index contributed by atoms with van der Waals surface area (Å²) in [6, 6.07) is 7.78. The number of halogens is 3. The summed E-state index contributed by atoms with van der Waals surface area (Å²) in [5.41, 5.74) is 7.18. The fourth-order valence-electron chi connectivity index (χ4n) is 1.02. The smallest absolute Gasteiger partial charge is 0.475 e. The van der Waals surface area contributed by atoms with Gasteiger partial charge in [0.1, 0.15) is 0 Å². The first-order valence-electron chi connectivity index (χ1n) is 4.77. The summed E-state index contributed by atoms with van der Waals surface area (Å²) in [6.07, 6.45) is -4.75. The average Bonchev–Trinajstić information content (AvgIpc) is 2.15. The molecule has 0 bridgehead atoms. The third kappa shape index (κ3) is 7.26. The molecule has 7 heteroatoms. The summed E-state index contributed by atoms with van der Waals surface area (Å²) in [7, 11) is 0. The van der Waals surface area contributed by atoms with E-state index in [1.54, 1.807) is 0 Å². The Balaban J connectivity index is 0.000000360. The summed E-state index contributed by atoms with van der Waals surface area (Å²) in [6.45, 7) is 1.99. The van der Waals surface area contributed by atoms with E-state index in [9.17, 15) is 18.0 Å². The largest absolute Gasteiger partial charge is 0.490 e. The highest BCUT2D eigenvalue weighted by Crippen LogP contribution is 2.13. The van der Waals surface area contributed by atoms with E-state index in [2.05, 4.69) is 0 Å². The molecule has 3 N–H and O–H groups in total. The van der Waals surface area contributed by atoms with Crippen molar-refractivity contribution in [1.29, 1.82) is 0 Å². The second kappa shape index (κ2) is 6.63. The molecule has 0 atom stereocenters. The molecule has 1 amide bonds. The molecule has 0 heterocycles. The number of alkyl halides is 3. The zero-order valence-corrected chi connectivity index (χ0v) is 9.49. The van der Waals surface area contributed by atoms with Crippen LogP contribution in [-0.2, 0) is 16.0 Å². The van der Waals surface area contributed by atoms with Crippen molar-refractivity contribution >= 4 is 11.9 Å². The molecule has 0 aliphatic carbocycles. The number of carbonyl (C=O) groups excluding carboxylic acids is 1. The standard InChI is InChI=1S/C9H11NO.C2HF3O2/c1-7-3-2-4-8(5-7)6-9(10)11;3-2(4,5)1(6)7/h2-5H,6H2,1H3,(H2,10,11);(H,6,7). The lowest BCUT2D eigenvalue weighted by atomic mass is 10.1. The number of hydrogen-bond acceptors (Lipinski definition) is 2. The summed E-state index contributed by atoms with van der Waals surface area (Å²) < 4.78 is 31.7. The van der Waals surface area contributed by atoms with E-state index < -0.39 is 12.1 Å². The summed E-state index contributed by atoms with van der Waals surface area (Å²) in [5, 5.41) is 7.12. The van der Waals surface area contributed by atoms with Gasteiger partial charge < -0.3 is 10.8 Å². The molecule has 1 rings (SSSR count). The van der Waals surface area contributed by atoms with Gasteiger partial charge in [-0.3, -0.25) is 4.79 Å². The first-order chi connectivity index (χ1) is 8.12. The number of hydrogen-bond donors (Lipinski definition) is 2. The number of nitrogens with two attached hydrogens (primary N) is 1. The highest BCUT2D eigenvalue weighted by atomic mass is 19.4. The van der Waals surface area contributed by atoms with E-state index in [1.807, 2.05) is 31.2 Å². The minimum Gasteiger partial charge on any atom is -0.475 e. The molecule has 18 heavy (non-hydrogen) atoms. The zero-order chi connectivity index (χ0) is 14.3. The van der Waals surface area contributed by atoms with Crippen LogP contribution in [0.1, 0.15) is 11.1 Å². The van der Waals surface area contributed by atoms with Crippen molar-refractivity contribution in [1.82, 2.24) is 0 Å². The molecule has 0 aromatic heterocycles. The van der Waals surface area contributed by atoms with Gasteiger partial charge in [0, 0.05) is 0 Å². The monoisotopic (exact) mass is 263 g/mol. The molecule has 1 aromatic rings. The van der Waals surface area contributed by atoms with Crippen LogP contribution in [0.25, 0.3) is 0 Å². The minimum absolute atomic E-state index is 0.282. The van der Waals surface area contributed by atoms with Gasteiger partial charge in [0.15, 0.2) is 0 Å². The predicted molar refractivity (Wildman–Crippen MR) is 57.8 cm³/mol. The predicted octanol–water partition coefficient (Wildman–Crippen LogP) is 1.66. The third-order valence-corrected chi connectivity index (χ3v) is 1.70. The Bertz CT molecular complexity index is 430. The minimum atomic E-state index is -5.08. The molecular formula is C11H12F3NO3. The number of primary amides is 1. The normalized spacial score (nSPS) is 10.2. The Hall–Kier alpha value is -2.05. The van der Waals surface area contributed by atoms with E-state index in [4.69, 9.17) is 15.6 Å².